The summed E-state index contributed by atoms with van der Waals surface area (Å²) < 4.78 is 1.60. The van der Waals surface area contributed by atoms with Crippen molar-refractivity contribution in [1.29, 1.82) is 0 Å². The lowest BCUT2D eigenvalue weighted by Crippen LogP contribution is -2.17. The maximum Gasteiger partial charge on any atom is 0.281 e. The van der Waals surface area contributed by atoms with Crippen LogP contribution in [-0.2, 0) is 18.3 Å². The van der Waals surface area contributed by atoms with Crippen LogP contribution in [0, 0.1) is 0 Å². The molecule has 0 atom stereocenters. The summed E-state index contributed by atoms with van der Waals surface area (Å²) in [5.41, 5.74) is 5.12. The number of fused-ring (bicyclic) bond motifs is 3. The van der Waals surface area contributed by atoms with E-state index in [0.29, 0.717) is 5.13 Å². The smallest absolute Gasteiger partial charge is 0.281 e. The fourth-order valence-electron chi connectivity index (χ4n) is 3.03. The predicted molar refractivity (Wildman–Crippen MR) is 93.6 cm³/mol. The number of aromatic nitrogens is 3. The van der Waals surface area contributed by atoms with Gasteiger partial charge < -0.3 is 0 Å². The number of nitrogens with zero attached hydrogens (tertiary/aromatic N) is 2. The Bertz CT molecular complexity index is 940. The van der Waals surface area contributed by atoms with E-state index in [4.69, 9.17) is 0 Å². The monoisotopic (exact) mass is 325 g/mol. The van der Waals surface area contributed by atoms with Crippen molar-refractivity contribution >= 4 is 11.3 Å². The van der Waals surface area contributed by atoms with Gasteiger partial charge in [-0.3, -0.25) is 9.89 Å². The minimum absolute atomic E-state index is 0.00181. The van der Waals surface area contributed by atoms with Gasteiger partial charge in [0.1, 0.15) is 0 Å². The summed E-state index contributed by atoms with van der Waals surface area (Å²) in [6.45, 7) is 6.39. The number of nitrogens with one attached hydrogen (secondary N) is 1. The van der Waals surface area contributed by atoms with Crippen LogP contribution in [0.3, 0.4) is 0 Å². The fourth-order valence-corrected chi connectivity index (χ4v) is 4.04. The van der Waals surface area contributed by atoms with Gasteiger partial charge in [0.2, 0.25) is 5.13 Å². The molecule has 5 heteroatoms. The van der Waals surface area contributed by atoms with Crippen LogP contribution in [0.5, 0.6) is 0 Å². The van der Waals surface area contributed by atoms with Gasteiger partial charge in [0, 0.05) is 16.5 Å². The van der Waals surface area contributed by atoms with Gasteiger partial charge in [-0.15, -0.1) is 11.3 Å². The van der Waals surface area contributed by atoms with Gasteiger partial charge in [0.25, 0.3) is 5.56 Å². The van der Waals surface area contributed by atoms with Crippen LogP contribution in [0.4, 0.5) is 0 Å². The molecule has 4 rings (SSSR count). The van der Waals surface area contributed by atoms with Crippen LogP contribution >= 0.6 is 11.3 Å². The number of H-pyrrole nitrogens is 1. The average Bonchev–Trinajstić information content (AvgIpc) is 3.12. The molecule has 2 aromatic heterocycles. The third kappa shape index (κ3) is 2.27. The van der Waals surface area contributed by atoms with Gasteiger partial charge in [-0.25, -0.2) is 4.98 Å². The Morgan fingerprint density at radius 3 is 2.74 bits per heavy atom. The summed E-state index contributed by atoms with van der Waals surface area (Å²) in [7, 11) is 0. The summed E-state index contributed by atoms with van der Waals surface area (Å²) >= 11 is 1.51. The number of aryl methyl sites for hydroxylation is 2. The van der Waals surface area contributed by atoms with E-state index in [1.54, 1.807) is 4.68 Å². The molecular weight excluding hydrogens is 306 g/mol. The Kier molecular flexibility index (Phi) is 3.10. The van der Waals surface area contributed by atoms with E-state index in [0.717, 1.165) is 35.4 Å². The Labute approximate surface area is 138 Å². The highest BCUT2D eigenvalue weighted by molar-refractivity contribution is 7.12. The molecule has 0 fully saturated rings. The number of hydrogen-bond acceptors (Lipinski definition) is 3. The number of thiazole rings is 1. The van der Waals surface area contributed by atoms with E-state index >= 15 is 0 Å². The Morgan fingerprint density at radius 1 is 1.22 bits per heavy atom. The van der Waals surface area contributed by atoms with E-state index in [-0.39, 0.29) is 11.0 Å². The van der Waals surface area contributed by atoms with Gasteiger partial charge in [0.05, 0.1) is 11.3 Å². The normalized spacial score (nSPS) is 13.7. The van der Waals surface area contributed by atoms with Crippen LogP contribution in [0.2, 0.25) is 0 Å². The molecule has 1 aliphatic rings. The van der Waals surface area contributed by atoms with E-state index in [1.807, 2.05) is 23.6 Å². The molecule has 0 saturated carbocycles. The molecule has 0 saturated heterocycles. The highest BCUT2D eigenvalue weighted by Gasteiger charge is 2.25. The summed E-state index contributed by atoms with van der Waals surface area (Å²) in [5.74, 6) is 0. The first-order valence-corrected chi connectivity index (χ1v) is 8.71. The molecule has 23 heavy (non-hydrogen) atoms. The lowest BCUT2D eigenvalue weighted by atomic mass is 9.90. The number of benzene rings is 1. The maximum absolute atomic E-state index is 12.9. The average molecular weight is 325 g/mol. The molecule has 1 N–H and O–H groups in total. The molecule has 1 aliphatic carbocycles. The maximum atomic E-state index is 12.9. The van der Waals surface area contributed by atoms with Gasteiger partial charge in [0.15, 0.2) is 0 Å². The van der Waals surface area contributed by atoms with Gasteiger partial charge in [-0.05, 0) is 24.0 Å². The first kappa shape index (κ1) is 14.5. The van der Waals surface area contributed by atoms with Crippen LogP contribution in [-0.4, -0.2) is 14.8 Å². The minimum atomic E-state index is -0.0167. The standard InChI is InChI=1S/C18H19N3OS/c1-18(2,3)14-10-23-17(19-14)21-16(22)15-12-7-5-4-6-11(12)8-9-13(15)20-21/h4-7,10,20H,8-9H2,1-3H3. The van der Waals surface area contributed by atoms with E-state index in [2.05, 4.69) is 36.9 Å². The molecule has 0 aliphatic heterocycles. The molecule has 0 radical (unpaired) electrons. The van der Waals surface area contributed by atoms with E-state index in [9.17, 15) is 4.79 Å². The molecule has 118 valence electrons. The van der Waals surface area contributed by atoms with Gasteiger partial charge in [-0.2, -0.15) is 4.68 Å². The number of aromatic amines is 1. The van der Waals surface area contributed by atoms with Crippen molar-refractivity contribution in [2.75, 3.05) is 0 Å². The third-order valence-electron chi connectivity index (χ3n) is 4.35. The van der Waals surface area contributed by atoms with Crippen molar-refractivity contribution in [3.05, 3.63) is 57.0 Å². The summed E-state index contributed by atoms with van der Waals surface area (Å²) in [6.07, 6.45) is 1.83. The summed E-state index contributed by atoms with van der Waals surface area (Å²) in [5, 5.41) is 6.03. The van der Waals surface area contributed by atoms with Crippen LogP contribution in [0.15, 0.2) is 34.4 Å². The number of rotatable bonds is 1. The van der Waals surface area contributed by atoms with E-state index in [1.165, 1.54) is 16.9 Å². The van der Waals surface area contributed by atoms with E-state index < -0.39 is 0 Å². The van der Waals surface area contributed by atoms with Crippen LogP contribution in [0.25, 0.3) is 16.3 Å². The Hall–Kier alpha value is -2.14. The predicted octanol–water partition coefficient (Wildman–Crippen LogP) is 3.69. The highest BCUT2D eigenvalue weighted by Crippen LogP contribution is 2.31. The lowest BCUT2D eigenvalue weighted by Gasteiger charge is -2.14. The molecule has 0 unspecified atom stereocenters. The van der Waals surface area contributed by atoms with Crippen molar-refractivity contribution < 1.29 is 0 Å². The molecule has 2 heterocycles. The minimum Gasteiger partial charge on any atom is -0.292 e. The summed E-state index contributed by atoms with van der Waals surface area (Å²) in [6, 6.07) is 8.17. The second-order valence-corrected chi connectivity index (χ2v) is 7.86. The Balaban J connectivity index is 1.87. The number of hydrogen-bond donors (Lipinski definition) is 1. The Morgan fingerprint density at radius 2 is 2.00 bits per heavy atom. The van der Waals surface area contributed by atoms with Crippen LogP contribution < -0.4 is 5.56 Å². The van der Waals surface area contributed by atoms with Gasteiger partial charge in [-0.1, -0.05) is 45.0 Å². The second kappa shape index (κ2) is 4.93. The molecule has 0 bridgehead atoms. The second-order valence-electron chi connectivity index (χ2n) is 7.03. The van der Waals surface area contributed by atoms with Crippen molar-refractivity contribution in [3.63, 3.8) is 0 Å². The van der Waals surface area contributed by atoms with Crippen LogP contribution in [0.1, 0.15) is 37.7 Å². The zero-order valence-corrected chi connectivity index (χ0v) is 14.3. The lowest BCUT2D eigenvalue weighted by molar-refractivity contribution is 0.571. The quantitative estimate of drug-likeness (QED) is 0.742. The zero-order valence-electron chi connectivity index (χ0n) is 13.5. The highest BCUT2D eigenvalue weighted by atomic mass is 32.1. The van der Waals surface area contributed by atoms with Crippen molar-refractivity contribution in [2.45, 2.75) is 39.0 Å². The first-order valence-electron chi connectivity index (χ1n) is 7.84. The first-order chi connectivity index (χ1) is 10.9. The molecule has 0 spiro atoms. The van der Waals surface area contributed by atoms with Crippen molar-refractivity contribution in [2.24, 2.45) is 0 Å². The topological polar surface area (TPSA) is 50.7 Å². The van der Waals surface area contributed by atoms with Gasteiger partial charge >= 0.3 is 0 Å². The summed E-state index contributed by atoms with van der Waals surface area (Å²) in [4.78, 5) is 17.6. The fraction of sp³-hybridized carbons (Fsp3) is 0.333. The zero-order chi connectivity index (χ0) is 16.2. The van der Waals surface area contributed by atoms with Crippen molar-refractivity contribution in [3.8, 4) is 16.3 Å². The molecule has 4 nitrogen and oxygen atoms in total. The largest absolute Gasteiger partial charge is 0.292 e. The molecule has 1 aromatic carbocycles. The third-order valence-corrected chi connectivity index (χ3v) is 5.17. The van der Waals surface area contributed by atoms with Crippen molar-refractivity contribution in [1.82, 2.24) is 14.8 Å². The SMILES string of the molecule is CC(C)(C)c1csc(-n2[nH]c3c(c2=O)-c2ccccc2CC3)n1. The molecule has 3 aromatic rings. The molecular formula is C18H19N3OS. The molecule has 0 amide bonds.